The van der Waals surface area contributed by atoms with Crippen molar-refractivity contribution in [1.29, 1.82) is 0 Å². The third-order valence-electron chi connectivity index (χ3n) is 4.47. The van der Waals surface area contributed by atoms with E-state index in [1.54, 1.807) is 60.7 Å². The molecule has 4 atom stereocenters. The van der Waals surface area contributed by atoms with Crippen LogP contribution >= 0.6 is 11.6 Å². The summed E-state index contributed by atoms with van der Waals surface area (Å²) in [5.74, 6) is -1.33. The standard InChI is InChI=1S/C21H19ClO6/c22-17-12-11-16(28-20(25)15-9-5-2-6-10-15)18(23)21(17,26)13-27-19(24)14-7-3-1-4-8-14/h1-12,16-18,23,26H,13H2/t16-,17-,18+,21+/m1/s1. The lowest BCUT2D eigenvalue weighted by Gasteiger charge is -2.40. The summed E-state index contributed by atoms with van der Waals surface area (Å²) < 4.78 is 10.4. The summed E-state index contributed by atoms with van der Waals surface area (Å²) in [7, 11) is 0. The van der Waals surface area contributed by atoms with Crippen molar-refractivity contribution in [2.75, 3.05) is 6.61 Å². The monoisotopic (exact) mass is 402 g/mol. The second-order valence-corrected chi connectivity index (χ2v) is 6.87. The lowest BCUT2D eigenvalue weighted by molar-refractivity contribution is -0.140. The first-order valence-corrected chi connectivity index (χ1v) is 9.06. The van der Waals surface area contributed by atoms with Gasteiger partial charge in [-0.3, -0.25) is 0 Å². The maximum atomic E-state index is 12.2. The molecule has 6 nitrogen and oxygen atoms in total. The molecule has 0 aromatic heterocycles. The van der Waals surface area contributed by atoms with Gasteiger partial charge >= 0.3 is 11.9 Å². The predicted octanol–water partition coefficient (Wildman–Crippen LogP) is 2.34. The highest BCUT2D eigenvalue weighted by Gasteiger charge is 2.50. The minimum Gasteiger partial charge on any atom is -0.459 e. The predicted molar refractivity (Wildman–Crippen MR) is 102 cm³/mol. The van der Waals surface area contributed by atoms with E-state index in [2.05, 4.69) is 0 Å². The van der Waals surface area contributed by atoms with Crippen LogP contribution in [0.5, 0.6) is 0 Å². The van der Waals surface area contributed by atoms with Gasteiger partial charge in [-0.05, 0) is 30.3 Å². The summed E-state index contributed by atoms with van der Waals surface area (Å²) in [6, 6.07) is 16.5. The van der Waals surface area contributed by atoms with E-state index in [1.165, 1.54) is 12.2 Å². The summed E-state index contributed by atoms with van der Waals surface area (Å²) in [5, 5.41) is 20.4. The third-order valence-corrected chi connectivity index (χ3v) is 4.99. The molecule has 28 heavy (non-hydrogen) atoms. The van der Waals surface area contributed by atoms with Crippen molar-refractivity contribution in [2.24, 2.45) is 0 Å². The molecule has 0 saturated heterocycles. The van der Waals surface area contributed by atoms with Crippen LogP contribution in [0.1, 0.15) is 20.7 Å². The Kier molecular flexibility index (Phi) is 6.14. The minimum atomic E-state index is -2.03. The topological polar surface area (TPSA) is 93.1 Å². The third kappa shape index (κ3) is 4.25. The van der Waals surface area contributed by atoms with Crippen LogP contribution in [0, 0.1) is 0 Å². The fraction of sp³-hybridized carbons (Fsp3) is 0.238. The Labute approximate surface area is 167 Å². The Morgan fingerprint density at radius 3 is 2.04 bits per heavy atom. The van der Waals surface area contributed by atoms with Gasteiger partial charge in [0.1, 0.15) is 24.4 Å². The fourth-order valence-electron chi connectivity index (χ4n) is 2.80. The van der Waals surface area contributed by atoms with Gasteiger partial charge < -0.3 is 19.7 Å². The zero-order valence-electron chi connectivity index (χ0n) is 14.8. The van der Waals surface area contributed by atoms with Gasteiger partial charge in [0.15, 0.2) is 0 Å². The number of benzene rings is 2. The molecule has 0 heterocycles. The number of ether oxygens (including phenoxy) is 2. The molecule has 0 saturated carbocycles. The first-order chi connectivity index (χ1) is 13.4. The molecule has 0 amide bonds. The lowest BCUT2D eigenvalue weighted by Crippen LogP contribution is -2.60. The SMILES string of the molecule is O=C(OC[C@]1(O)[C@H](Cl)C=C[C@@H](OC(=O)c2ccccc2)[C@@H]1O)c1ccccc1. The number of hydrogen-bond donors (Lipinski definition) is 2. The summed E-state index contributed by atoms with van der Waals surface area (Å²) in [6.07, 6.45) is 0.0592. The van der Waals surface area contributed by atoms with Crippen molar-refractivity contribution in [1.82, 2.24) is 0 Å². The number of hydrogen-bond acceptors (Lipinski definition) is 6. The van der Waals surface area contributed by atoms with E-state index in [0.29, 0.717) is 11.1 Å². The molecule has 3 rings (SSSR count). The lowest BCUT2D eigenvalue weighted by atomic mass is 9.84. The first kappa shape index (κ1) is 20.1. The van der Waals surface area contributed by atoms with Gasteiger partial charge in [-0.15, -0.1) is 11.6 Å². The summed E-state index contributed by atoms with van der Waals surface area (Å²) in [5.41, 5.74) is -1.43. The average molecular weight is 403 g/mol. The molecule has 146 valence electrons. The molecular formula is C21H19ClO6. The summed E-state index contributed by atoms with van der Waals surface area (Å²) in [6.45, 7) is -0.570. The van der Waals surface area contributed by atoms with Crippen molar-refractivity contribution in [3.8, 4) is 0 Å². The van der Waals surface area contributed by atoms with Crippen molar-refractivity contribution in [3.05, 3.63) is 83.9 Å². The van der Waals surface area contributed by atoms with Crippen LogP contribution in [0.4, 0.5) is 0 Å². The zero-order chi connectivity index (χ0) is 20.1. The van der Waals surface area contributed by atoms with Crippen molar-refractivity contribution < 1.29 is 29.3 Å². The smallest absolute Gasteiger partial charge is 0.338 e. The Balaban J connectivity index is 1.69. The highest BCUT2D eigenvalue weighted by atomic mass is 35.5. The quantitative estimate of drug-likeness (QED) is 0.453. The van der Waals surface area contributed by atoms with E-state index < -0.39 is 41.7 Å². The van der Waals surface area contributed by atoms with Crippen LogP contribution in [0.25, 0.3) is 0 Å². The van der Waals surface area contributed by atoms with E-state index in [9.17, 15) is 19.8 Å². The van der Waals surface area contributed by atoms with Gasteiger partial charge in [-0.25, -0.2) is 9.59 Å². The normalized spacial score (nSPS) is 26.5. The molecule has 1 aliphatic carbocycles. The van der Waals surface area contributed by atoms with E-state index in [4.69, 9.17) is 21.1 Å². The van der Waals surface area contributed by atoms with E-state index in [-0.39, 0.29) is 0 Å². The number of alkyl halides is 1. The van der Waals surface area contributed by atoms with E-state index in [1.807, 2.05) is 0 Å². The molecule has 0 radical (unpaired) electrons. The first-order valence-electron chi connectivity index (χ1n) is 8.63. The van der Waals surface area contributed by atoms with Crippen LogP contribution in [0.2, 0.25) is 0 Å². The van der Waals surface area contributed by atoms with Crippen molar-refractivity contribution in [3.63, 3.8) is 0 Å². The Hall–Kier alpha value is -2.67. The fourth-order valence-corrected chi connectivity index (χ4v) is 3.08. The minimum absolute atomic E-state index is 0.296. The number of carbonyl (C=O) groups is 2. The van der Waals surface area contributed by atoms with Crippen LogP contribution in [-0.2, 0) is 9.47 Å². The number of esters is 2. The number of halogens is 1. The van der Waals surface area contributed by atoms with Gasteiger partial charge in [0.2, 0.25) is 0 Å². The van der Waals surface area contributed by atoms with Crippen LogP contribution in [-0.4, -0.2) is 51.9 Å². The molecule has 2 aromatic rings. The molecule has 7 heteroatoms. The molecule has 0 aliphatic heterocycles. The second-order valence-electron chi connectivity index (χ2n) is 6.40. The molecule has 0 fully saturated rings. The van der Waals surface area contributed by atoms with Gasteiger partial charge in [0, 0.05) is 0 Å². The van der Waals surface area contributed by atoms with Crippen LogP contribution in [0.3, 0.4) is 0 Å². The largest absolute Gasteiger partial charge is 0.459 e. The molecule has 2 N–H and O–H groups in total. The zero-order valence-corrected chi connectivity index (χ0v) is 15.5. The number of aliphatic hydroxyl groups excluding tert-OH is 1. The van der Waals surface area contributed by atoms with Gasteiger partial charge in [-0.1, -0.05) is 42.5 Å². The van der Waals surface area contributed by atoms with E-state index >= 15 is 0 Å². The van der Waals surface area contributed by atoms with Gasteiger partial charge in [0.05, 0.1) is 16.5 Å². The maximum Gasteiger partial charge on any atom is 0.338 e. The van der Waals surface area contributed by atoms with Crippen molar-refractivity contribution >= 4 is 23.5 Å². The number of carbonyl (C=O) groups excluding carboxylic acids is 2. The molecule has 0 spiro atoms. The molecule has 1 aliphatic rings. The maximum absolute atomic E-state index is 12.2. The molecular weight excluding hydrogens is 384 g/mol. The van der Waals surface area contributed by atoms with Crippen LogP contribution < -0.4 is 0 Å². The molecule has 0 bridgehead atoms. The summed E-state index contributed by atoms with van der Waals surface area (Å²) >= 11 is 6.14. The van der Waals surface area contributed by atoms with Crippen LogP contribution in [0.15, 0.2) is 72.8 Å². The molecule has 2 aromatic carbocycles. The highest BCUT2D eigenvalue weighted by molar-refractivity contribution is 6.22. The Morgan fingerprint density at radius 1 is 0.929 bits per heavy atom. The van der Waals surface area contributed by atoms with Crippen molar-refractivity contribution in [2.45, 2.75) is 23.2 Å². The Bertz CT molecular complexity index is 854. The highest BCUT2D eigenvalue weighted by Crippen LogP contribution is 2.31. The molecule has 0 unspecified atom stereocenters. The number of rotatable bonds is 5. The Morgan fingerprint density at radius 2 is 1.46 bits per heavy atom. The van der Waals surface area contributed by atoms with Gasteiger partial charge in [-0.2, -0.15) is 0 Å². The summed E-state index contributed by atoms with van der Waals surface area (Å²) in [4.78, 5) is 24.4. The van der Waals surface area contributed by atoms with E-state index in [0.717, 1.165) is 0 Å². The average Bonchev–Trinajstić information content (AvgIpc) is 2.74. The second kappa shape index (κ2) is 8.56. The van der Waals surface area contributed by atoms with Gasteiger partial charge in [0.25, 0.3) is 0 Å². The number of aliphatic hydroxyl groups is 2.